The fraction of sp³-hybridized carbons (Fsp3) is 1.00. The van der Waals surface area contributed by atoms with E-state index in [1.807, 2.05) is 0 Å². The SMILES string of the molecule is COCCOCCCOCC(N)C1CCCC1. The zero-order chi connectivity index (χ0) is 12.3. The summed E-state index contributed by atoms with van der Waals surface area (Å²) in [5.41, 5.74) is 6.09. The largest absolute Gasteiger partial charge is 0.382 e. The average Bonchev–Trinajstić information content (AvgIpc) is 2.86. The summed E-state index contributed by atoms with van der Waals surface area (Å²) in [6.07, 6.45) is 6.17. The van der Waals surface area contributed by atoms with Crippen LogP contribution in [-0.4, -0.2) is 46.2 Å². The third-order valence-corrected chi connectivity index (χ3v) is 3.32. The van der Waals surface area contributed by atoms with Crippen LogP contribution >= 0.6 is 0 Å². The van der Waals surface area contributed by atoms with E-state index in [4.69, 9.17) is 19.9 Å². The van der Waals surface area contributed by atoms with Crippen LogP contribution in [0.4, 0.5) is 0 Å². The van der Waals surface area contributed by atoms with Crippen LogP contribution in [0.5, 0.6) is 0 Å². The van der Waals surface area contributed by atoms with Crippen LogP contribution in [0.15, 0.2) is 0 Å². The molecule has 0 bridgehead atoms. The summed E-state index contributed by atoms with van der Waals surface area (Å²) in [6.45, 7) is 3.50. The topological polar surface area (TPSA) is 53.7 Å². The second-order valence-electron chi connectivity index (χ2n) is 4.74. The molecule has 2 N–H and O–H groups in total. The van der Waals surface area contributed by atoms with Gasteiger partial charge in [0.1, 0.15) is 0 Å². The summed E-state index contributed by atoms with van der Waals surface area (Å²) in [5.74, 6) is 0.688. The lowest BCUT2D eigenvalue weighted by molar-refractivity contribution is 0.0465. The molecule has 1 aliphatic rings. The first kappa shape index (κ1) is 14.9. The Morgan fingerprint density at radius 3 is 2.47 bits per heavy atom. The number of ether oxygens (including phenoxy) is 3. The summed E-state index contributed by atoms with van der Waals surface area (Å²) in [6, 6.07) is 0.229. The number of hydrogen-bond acceptors (Lipinski definition) is 4. The van der Waals surface area contributed by atoms with Crippen molar-refractivity contribution in [1.29, 1.82) is 0 Å². The molecule has 0 aromatic heterocycles. The molecular weight excluding hydrogens is 218 g/mol. The maximum Gasteiger partial charge on any atom is 0.0700 e. The molecule has 0 heterocycles. The van der Waals surface area contributed by atoms with Gasteiger partial charge in [0.05, 0.1) is 19.8 Å². The lowest BCUT2D eigenvalue weighted by atomic mass is 10.00. The molecule has 1 aliphatic carbocycles. The maximum absolute atomic E-state index is 6.09. The Kier molecular flexibility index (Phi) is 8.61. The van der Waals surface area contributed by atoms with Crippen molar-refractivity contribution in [2.24, 2.45) is 11.7 Å². The highest BCUT2D eigenvalue weighted by Gasteiger charge is 2.21. The minimum Gasteiger partial charge on any atom is -0.382 e. The normalized spacial score (nSPS) is 18.7. The van der Waals surface area contributed by atoms with Crippen LogP contribution in [0.3, 0.4) is 0 Å². The van der Waals surface area contributed by atoms with Crippen molar-refractivity contribution in [3.8, 4) is 0 Å². The molecule has 0 saturated heterocycles. The van der Waals surface area contributed by atoms with Crippen LogP contribution in [-0.2, 0) is 14.2 Å². The van der Waals surface area contributed by atoms with E-state index in [9.17, 15) is 0 Å². The van der Waals surface area contributed by atoms with Gasteiger partial charge in [-0.25, -0.2) is 0 Å². The van der Waals surface area contributed by atoms with Gasteiger partial charge in [-0.2, -0.15) is 0 Å². The Balaban J connectivity index is 1.83. The van der Waals surface area contributed by atoms with Crippen LogP contribution < -0.4 is 5.73 Å². The Labute approximate surface area is 105 Å². The minimum atomic E-state index is 0.229. The summed E-state index contributed by atoms with van der Waals surface area (Å²) < 4.78 is 15.8. The van der Waals surface area contributed by atoms with Crippen molar-refractivity contribution >= 4 is 0 Å². The molecule has 1 saturated carbocycles. The Hall–Kier alpha value is -0.160. The molecule has 1 fully saturated rings. The summed E-state index contributed by atoms with van der Waals surface area (Å²) in [5, 5.41) is 0. The van der Waals surface area contributed by atoms with E-state index in [0.717, 1.165) is 19.6 Å². The predicted molar refractivity (Wildman–Crippen MR) is 68.1 cm³/mol. The molecule has 1 rings (SSSR count). The van der Waals surface area contributed by atoms with E-state index < -0.39 is 0 Å². The molecule has 1 atom stereocenters. The van der Waals surface area contributed by atoms with Crippen molar-refractivity contribution in [2.75, 3.05) is 40.1 Å². The van der Waals surface area contributed by atoms with Crippen LogP contribution in [0.2, 0.25) is 0 Å². The highest BCUT2D eigenvalue weighted by Crippen LogP contribution is 2.26. The second-order valence-corrected chi connectivity index (χ2v) is 4.74. The highest BCUT2D eigenvalue weighted by molar-refractivity contribution is 4.77. The number of methoxy groups -OCH3 is 1. The molecule has 17 heavy (non-hydrogen) atoms. The highest BCUT2D eigenvalue weighted by atomic mass is 16.5. The van der Waals surface area contributed by atoms with Crippen molar-refractivity contribution < 1.29 is 14.2 Å². The van der Waals surface area contributed by atoms with E-state index in [1.165, 1.54) is 25.7 Å². The molecule has 1 unspecified atom stereocenters. The van der Waals surface area contributed by atoms with Gasteiger partial charge in [-0.15, -0.1) is 0 Å². The standard InChI is InChI=1S/C13H27NO3/c1-15-9-10-16-7-4-8-17-11-13(14)12-5-2-3-6-12/h12-13H,2-11,14H2,1H3. The molecule has 0 amide bonds. The Bertz CT molecular complexity index is 172. The van der Waals surface area contributed by atoms with Gasteiger partial charge in [0.25, 0.3) is 0 Å². The van der Waals surface area contributed by atoms with Crippen molar-refractivity contribution in [3.63, 3.8) is 0 Å². The second kappa shape index (κ2) is 9.83. The zero-order valence-corrected chi connectivity index (χ0v) is 11.0. The van der Waals surface area contributed by atoms with E-state index in [1.54, 1.807) is 7.11 Å². The lowest BCUT2D eigenvalue weighted by Gasteiger charge is -2.18. The lowest BCUT2D eigenvalue weighted by Crippen LogP contribution is -2.33. The van der Waals surface area contributed by atoms with Gasteiger partial charge in [-0.3, -0.25) is 0 Å². The van der Waals surface area contributed by atoms with Gasteiger partial charge in [-0.1, -0.05) is 12.8 Å². The monoisotopic (exact) mass is 245 g/mol. The summed E-state index contributed by atoms with van der Waals surface area (Å²) in [4.78, 5) is 0. The fourth-order valence-corrected chi connectivity index (χ4v) is 2.25. The quantitative estimate of drug-likeness (QED) is 0.594. The molecule has 0 aliphatic heterocycles. The Morgan fingerprint density at radius 2 is 1.76 bits per heavy atom. The number of nitrogens with two attached hydrogens (primary N) is 1. The van der Waals surface area contributed by atoms with E-state index in [0.29, 0.717) is 25.7 Å². The van der Waals surface area contributed by atoms with Gasteiger partial charge in [-0.05, 0) is 25.2 Å². The van der Waals surface area contributed by atoms with Gasteiger partial charge < -0.3 is 19.9 Å². The Morgan fingerprint density at radius 1 is 1.06 bits per heavy atom. The third kappa shape index (κ3) is 6.99. The first-order chi connectivity index (χ1) is 8.34. The van der Waals surface area contributed by atoms with Crippen LogP contribution in [0, 0.1) is 5.92 Å². The first-order valence-electron chi connectivity index (χ1n) is 6.74. The summed E-state index contributed by atoms with van der Waals surface area (Å²) >= 11 is 0. The molecule has 0 radical (unpaired) electrons. The van der Waals surface area contributed by atoms with E-state index in [2.05, 4.69) is 0 Å². The van der Waals surface area contributed by atoms with Crippen LogP contribution in [0.1, 0.15) is 32.1 Å². The number of hydrogen-bond donors (Lipinski definition) is 1. The molecule has 0 aromatic rings. The van der Waals surface area contributed by atoms with Crippen molar-refractivity contribution in [3.05, 3.63) is 0 Å². The van der Waals surface area contributed by atoms with Gasteiger partial charge in [0.15, 0.2) is 0 Å². The van der Waals surface area contributed by atoms with Crippen molar-refractivity contribution in [2.45, 2.75) is 38.1 Å². The summed E-state index contributed by atoms with van der Waals surface area (Å²) in [7, 11) is 1.68. The predicted octanol–water partition coefficient (Wildman–Crippen LogP) is 1.57. The zero-order valence-electron chi connectivity index (χ0n) is 11.0. The average molecular weight is 245 g/mol. The van der Waals surface area contributed by atoms with Crippen LogP contribution in [0.25, 0.3) is 0 Å². The molecule has 0 aromatic carbocycles. The van der Waals surface area contributed by atoms with Gasteiger partial charge in [0, 0.05) is 26.4 Å². The third-order valence-electron chi connectivity index (χ3n) is 3.32. The van der Waals surface area contributed by atoms with Crippen molar-refractivity contribution in [1.82, 2.24) is 0 Å². The smallest absolute Gasteiger partial charge is 0.0700 e. The number of rotatable bonds is 10. The van der Waals surface area contributed by atoms with Gasteiger partial charge >= 0.3 is 0 Å². The molecular formula is C13H27NO3. The molecule has 4 heteroatoms. The van der Waals surface area contributed by atoms with E-state index >= 15 is 0 Å². The molecule has 0 spiro atoms. The maximum atomic E-state index is 6.09. The molecule has 4 nitrogen and oxygen atoms in total. The van der Waals surface area contributed by atoms with Gasteiger partial charge in [0.2, 0.25) is 0 Å². The van der Waals surface area contributed by atoms with E-state index in [-0.39, 0.29) is 6.04 Å². The first-order valence-corrected chi connectivity index (χ1v) is 6.74. The fourth-order valence-electron chi connectivity index (χ4n) is 2.25. The molecule has 102 valence electrons. The minimum absolute atomic E-state index is 0.229.